The molecule has 0 heterocycles. The number of sulfone groups is 1. The summed E-state index contributed by atoms with van der Waals surface area (Å²) in [5.74, 6) is -6.47. The number of halogens is 5. The summed E-state index contributed by atoms with van der Waals surface area (Å²) < 4.78 is 101. The number of carbonyl (C=O) groups is 2. The van der Waals surface area contributed by atoms with Crippen molar-refractivity contribution < 1.29 is 44.3 Å². The van der Waals surface area contributed by atoms with Gasteiger partial charge in [0, 0.05) is 27.9 Å². The van der Waals surface area contributed by atoms with Crippen molar-refractivity contribution in [1.82, 2.24) is 4.72 Å². The van der Waals surface area contributed by atoms with Crippen molar-refractivity contribution in [2.45, 2.75) is 59.8 Å². The number of rotatable bonds is 9. The van der Waals surface area contributed by atoms with Gasteiger partial charge in [-0.15, -0.1) is 0 Å². The van der Waals surface area contributed by atoms with Crippen molar-refractivity contribution in [3.05, 3.63) is 87.1 Å². The number of sulfonamides is 1. The molecule has 1 fully saturated rings. The van der Waals surface area contributed by atoms with E-state index in [0.717, 1.165) is 6.07 Å². The van der Waals surface area contributed by atoms with Crippen LogP contribution in [0.5, 0.6) is 0 Å². The molecule has 0 unspecified atom stereocenters. The Morgan fingerprint density at radius 2 is 1.52 bits per heavy atom. The Balaban J connectivity index is 1.38. The van der Waals surface area contributed by atoms with E-state index >= 15 is 0 Å². The van der Waals surface area contributed by atoms with Crippen LogP contribution in [0.4, 0.5) is 18.9 Å². The summed E-state index contributed by atoms with van der Waals surface area (Å²) in [6, 6.07) is 9.22. The average molecular weight is 738 g/mol. The van der Waals surface area contributed by atoms with Crippen LogP contribution in [0.2, 0.25) is 5.02 Å². The van der Waals surface area contributed by atoms with Crippen molar-refractivity contribution >= 4 is 65.0 Å². The molecule has 0 saturated heterocycles. The van der Waals surface area contributed by atoms with Crippen molar-refractivity contribution in [3.63, 3.8) is 0 Å². The zero-order chi connectivity index (χ0) is 32.4. The monoisotopic (exact) mass is 736 g/mol. The molecule has 2 N–H and O–H groups in total. The van der Waals surface area contributed by atoms with E-state index in [9.17, 15) is 39.6 Å². The Morgan fingerprint density at radius 3 is 2.11 bits per heavy atom. The highest BCUT2D eigenvalue weighted by Crippen LogP contribution is 2.34. The Kier molecular flexibility index (Phi) is 10.5. The van der Waals surface area contributed by atoms with Crippen molar-refractivity contribution in [3.8, 4) is 0 Å². The fourth-order valence-electron chi connectivity index (χ4n) is 4.56. The molecule has 1 amide bonds. The molecule has 16 heteroatoms. The van der Waals surface area contributed by atoms with Gasteiger partial charge in [-0.2, -0.15) is 4.72 Å². The number of benzene rings is 3. The van der Waals surface area contributed by atoms with Crippen LogP contribution in [0.3, 0.4) is 0 Å². The van der Waals surface area contributed by atoms with Crippen LogP contribution in [0, 0.1) is 17.5 Å². The first-order valence-corrected chi connectivity index (χ1v) is 17.3. The fourth-order valence-corrected chi connectivity index (χ4v) is 8.34. The van der Waals surface area contributed by atoms with Crippen LogP contribution in [0.25, 0.3) is 0 Å². The van der Waals surface area contributed by atoms with Gasteiger partial charge in [0.1, 0.15) is 12.1 Å². The quantitative estimate of drug-likeness (QED) is 0.210. The van der Waals surface area contributed by atoms with Crippen LogP contribution in [0.1, 0.15) is 43.0 Å². The molecule has 0 radical (unpaired) electrons. The fraction of sp³-hybridized carbons (Fsp3) is 0.286. The van der Waals surface area contributed by atoms with Crippen LogP contribution in [-0.2, 0) is 29.4 Å². The Labute approximate surface area is 265 Å². The normalized spacial score (nSPS) is 18.0. The van der Waals surface area contributed by atoms with Gasteiger partial charge in [0.25, 0.3) is 5.91 Å². The van der Waals surface area contributed by atoms with Gasteiger partial charge in [-0.1, -0.05) is 27.5 Å². The van der Waals surface area contributed by atoms with Gasteiger partial charge in [-0.05, 0) is 75.1 Å². The summed E-state index contributed by atoms with van der Waals surface area (Å²) in [5.41, 5.74) is -0.561. The molecule has 4 rings (SSSR count). The summed E-state index contributed by atoms with van der Waals surface area (Å²) >= 11 is 9.40. The molecule has 3 aromatic carbocycles. The second kappa shape index (κ2) is 13.6. The summed E-state index contributed by atoms with van der Waals surface area (Å²) in [4.78, 5) is 24.9. The van der Waals surface area contributed by atoms with Crippen LogP contribution < -0.4 is 10.0 Å². The summed E-state index contributed by atoms with van der Waals surface area (Å²) in [7, 11) is -8.08. The third-order valence-electron chi connectivity index (χ3n) is 6.89. The van der Waals surface area contributed by atoms with E-state index in [4.69, 9.17) is 16.3 Å². The molecule has 1 aliphatic carbocycles. The maximum absolute atomic E-state index is 13.5. The summed E-state index contributed by atoms with van der Waals surface area (Å²) in [5, 5.41) is 1.11. The maximum Gasteiger partial charge on any atom is 0.324 e. The topological polar surface area (TPSA) is 136 Å². The molecule has 3 aromatic rings. The molecule has 1 aliphatic rings. The third-order valence-corrected chi connectivity index (χ3v) is 11.7. The van der Waals surface area contributed by atoms with Gasteiger partial charge >= 0.3 is 5.97 Å². The SMILES string of the molecule is C[C@H](NS(=O)(=O)c1ccc(Br)cc1)C(=O)O[C@H]1CC[C@H](S(=O)(=O)c2cc(C(=O)Nc3cc(F)c(F)c(F)c3)ccc2Cl)CC1. The molecule has 0 aliphatic heterocycles. The van der Waals surface area contributed by atoms with Gasteiger partial charge in [-0.25, -0.2) is 30.0 Å². The minimum atomic E-state index is -4.08. The molecule has 1 atom stereocenters. The van der Waals surface area contributed by atoms with Crippen molar-refractivity contribution in [1.29, 1.82) is 0 Å². The highest BCUT2D eigenvalue weighted by atomic mass is 79.9. The summed E-state index contributed by atoms with van der Waals surface area (Å²) in [6.45, 7) is 1.34. The molecular formula is C28H25BrClF3N2O7S2. The van der Waals surface area contributed by atoms with Crippen LogP contribution in [0.15, 0.2) is 68.9 Å². The van der Waals surface area contributed by atoms with E-state index in [-0.39, 0.29) is 51.7 Å². The lowest BCUT2D eigenvalue weighted by Crippen LogP contribution is -2.41. The maximum atomic E-state index is 13.5. The Morgan fingerprint density at radius 1 is 0.932 bits per heavy atom. The smallest absolute Gasteiger partial charge is 0.324 e. The minimum Gasteiger partial charge on any atom is -0.461 e. The van der Waals surface area contributed by atoms with E-state index in [1.807, 2.05) is 0 Å². The molecule has 0 bridgehead atoms. The van der Waals surface area contributed by atoms with E-state index in [0.29, 0.717) is 16.6 Å². The lowest BCUT2D eigenvalue weighted by atomic mass is 9.97. The first-order valence-electron chi connectivity index (χ1n) is 13.1. The number of hydrogen-bond donors (Lipinski definition) is 2. The zero-order valence-electron chi connectivity index (χ0n) is 22.8. The van der Waals surface area contributed by atoms with Gasteiger partial charge in [0.2, 0.25) is 10.0 Å². The zero-order valence-corrected chi connectivity index (χ0v) is 26.8. The molecule has 9 nitrogen and oxygen atoms in total. The van der Waals surface area contributed by atoms with Crippen molar-refractivity contribution in [2.75, 3.05) is 5.32 Å². The summed E-state index contributed by atoms with van der Waals surface area (Å²) in [6.07, 6.45) is -0.152. The first kappa shape index (κ1) is 33.9. The van der Waals surface area contributed by atoms with Crippen molar-refractivity contribution in [2.24, 2.45) is 0 Å². The minimum absolute atomic E-state index is 0.0375. The molecule has 1 saturated carbocycles. The van der Waals surface area contributed by atoms with Gasteiger partial charge in [0.15, 0.2) is 27.3 Å². The van der Waals surface area contributed by atoms with Gasteiger partial charge in [0.05, 0.1) is 20.1 Å². The molecular weight excluding hydrogens is 713 g/mol. The van der Waals surface area contributed by atoms with E-state index in [1.54, 1.807) is 12.1 Å². The Bertz CT molecular complexity index is 1780. The largest absolute Gasteiger partial charge is 0.461 e. The van der Waals surface area contributed by atoms with Crippen LogP contribution >= 0.6 is 27.5 Å². The highest BCUT2D eigenvalue weighted by molar-refractivity contribution is 9.10. The van der Waals surface area contributed by atoms with Gasteiger partial charge < -0.3 is 10.1 Å². The number of ether oxygens (including phenoxy) is 1. The van der Waals surface area contributed by atoms with E-state index < -0.39 is 66.6 Å². The Hall–Kier alpha value is -2.98. The second-order valence-corrected chi connectivity index (χ2v) is 15.3. The molecule has 0 aromatic heterocycles. The molecule has 236 valence electrons. The highest BCUT2D eigenvalue weighted by Gasteiger charge is 2.36. The lowest BCUT2D eigenvalue weighted by Gasteiger charge is -2.29. The van der Waals surface area contributed by atoms with E-state index in [1.165, 1.54) is 31.2 Å². The third kappa shape index (κ3) is 7.80. The standard InChI is InChI=1S/C28H25BrClF3N2O7S2/c1-15(35-44(40,41)21-7-3-17(29)4-8-21)28(37)42-19-5-9-20(10-6-19)43(38,39)25-12-16(2-11-22(25)30)27(36)34-18-13-23(31)26(33)24(32)14-18/h2-4,7-8,11-15,19-20,35H,5-6,9-10H2,1H3,(H,34,36)/t15-,19-,20-/m0/s1. The lowest BCUT2D eigenvalue weighted by molar-refractivity contribution is -0.152. The second-order valence-electron chi connectivity index (χ2n) is 10.0. The van der Waals surface area contributed by atoms with Gasteiger partial charge in [-0.3, -0.25) is 9.59 Å². The number of hydrogen-bond acceptors (Lipinski definition) is 7. The number of carbonyl (C=O) groups excluding carboxylic acids is 2. The number of anilines is 1. The predicted molar refractivity (Wildman–Crippen MR) is 159 cm³/mol. The van der Waals surface area contributed by atoms with E-state index in [2.05, 4.69) is 26.0 Å². The average Bonchev–Trinajstić information content (AvgIpc) is 2.96. The first-order chi connectivity index (χ1) is 20.6. The predicted octanol–water partition coefficient (Wildman–Crippen LogP) is 5.77. The molecule has 44 heavy (non-hydrogen) atoms. The number of esters is 1. The number of amides is 1. The van der Waals surface area contributed by atoms with Crippen LogP contribution in [-0.4, -0.2) is 46.1 Å². The number of nitrogens with one attached hydrogen (secondary N) is 2. The molecule has 0 spiro atoms.